The van der Waals surface area contributed by atoms with Crippen LogP contribution in [0, 0.1) is 0 Å². The zero-order valence-corrected chi connectivity index (χ0v) is 34.4. The van der Waals surface area contributed by atoms with Gasteiger partial charge in [0, 0.05) is 19.6 Å². The lowest BCUT2D eigenvalue weighted by Crippen LogP contribution is -2.28. The van der Waals surface area contributed by atoms with Crippen LogP contribution in [-0.4, -0.2) is 49.9 Å². The molecule has 2 atom stereocenters. The highest BCUT2D eigenvalue weighted by Crippen LogP contribution is 2.43. The van der Waals surface area contributed by atoms with Crippen molar-refractivity contribution in [3.63, 3.8) is 0 Å². The Balaban J connectivity index is 4.05. The Morgan fingerprint density at radius 1 is 0.596 bits per heavy atom. The predicted octanol–water partition coefficient (Wildman–Crippen LogP) is 12.4. The van der Waals surface area contributed by atoms with E-state index in [4.69, 9.17) is 24.3 Å². The van der Waals surface area contributed by atoms with Crippen LogP contribution in [0.2, 0.25) is 0 Å². The molecule has 0 aromatic heterocycles. The smallest absolute Gasteiger partial charge is 0.457 e. The van der Waals surface area contributed by atoms with Crippen molar-refractivity contribution in [1.29, 1.82) is 0 Å². The number of rotatable bonds is 40. The molecule has 0 radical (unpaired) electrons. The van der Waals surface area contributed by atoms with Crippen molar-refractivity contribution in [3.8, 4) is 0 Å². The quantitative estimate of drug-likeness (QED) is 0.0275. The standard InChI is InChI=1S/C43H80NO7P/c1-3-5-7-9-11-13-15-17-18-19-20-21-22-23-25-27-29-31-33-35-38-48-40-42(41-50-52(46,47)49-39-37-44)51-43(45)36-34-32-30-28-26-24-16-14-12-10-8-6-4-2/h6,8,12,14,24,26,30,32,42H,3-5,7,9-11,13,15-23,25,27-29,31,33-41,44H2,1-2H3,(H,46,47)/b8-6-,14-12-,26-24-,32-30-. The van der Waals surface area contributed by atoms with Gasteiger partial charge in [-0.1, -0.05) is 184 Å². The number of ether oxygens (including phenoxy) is 2. The lowest BCUT2D eigenvalue weighted by Gasteiger charge is -2.20. The summed E-state index contributed by atoms with van der Waals surface area (Å²) in [4.78, 5) is 22.4. The summed E-state index contributed by atoms with van der Waals surface area (Å²) in [6, 6.07) is 0. The van der Waals surface area contributed by atoms with E-state index in [1.165, 1.54) is 116 Å². The molecule has 0 aromatic carbocycles. The second kappa shape index (κ2) is 40.6. The van der Waals surface area contributed by atoms with Crippen molar-refractivity contribution < 1.29 is 32.8 Å². The Labute approximate surface area is 320 Å². The van der Waals surface area contributed by atoms with Crippen LogP contribution < -0.4 is 5.73 Å². The van der Waals surface area contributed by atoms with Gasteiger partial charge >= 0.3 is 13.8 Å². The summed E-state index contributed by atoms with van der Waals surface area (Å²) in [6.45, 7) is 4.72. The van der Waals surface area contributed by atoms with E-state index in [-0.39, 0.29) is 32.8 Å². The van der Waals surface area contributed by atoms with Crippen LogP contribution in [0.3, 0.4) is 0 Å². The van der Waals surface area contributed by atoms with Crippen LogP contribution in [0.4, 0.5) is 0 Å². The van der Waals surface area contributed by atoms with Crippen molar-refractivity contribution in [2.45, 2.75) is 187 Å². The fourth-order valence-corrected chi connectivity index (χ4v) is 6.48. The summed E-state index contributed by atoms with van der Waals surface area (Å²) in [6.07, 6.45) is 47.3. The van der Waals surface area contributed by atoms with E-state index in [1.54, 1.807) is 0 Å². The summed E-state index contributed by atoms with van der Waals surface area (Å²) < 4.78 is 33.3. The molecule has 0 bridgehead atoms. The molecule has 0 heterocycles. The van der Waals surface area contributed by atoms with Gasteiger partial charge in [0.05, 0.1) is 19.8 Å². The van der Waals surface area contributed by atoms with Crippen LogP contribution in [-0.2, 0) is 27.9 Å². The summed E-state index contributed by atoms with van der Waals surface area (Å²) >= 11 is 0. The molecule has 0 aliphatic rings. The van der Waals surface area contributed by atoms with Crippen molar-refractivity contribution in [2.24, 2.45) is 5.73 Å². The van der Waals surface area contributed by atoms with E-state index < -0.39 is 19.9 Å². The molecule has 0 amide bonds. The second-order valence-electron chi connectivity index (χ2n) is 13.8. The number of hydrogen-bond donors (Lipinski definition) is 2. The van der Waals surface area contributed by atoms with E-state index in [1.807, 2.05) is 12.2 Å². The first-order valence-corrected chi connectivity index (χ1v) is 22.6. The lowest BCUT2D eigenvalue weighted by molar-refractivity contribution is -0.154. The van der Waals surface area contributed by atoms with E-state index >= 15 is 0 Å². The number of phosphoric acid groups is 1. The average molecular weight is 754 g/mol. The zero-order chi connectivity index (χ0) is 38.1. The molecule has 9 heteroatoms. The van der Waals surface area contributed by atoms with Crippen LogP contribution >= 0.6 is 7.82 Å². The third kappa shape index (κ3) is 39.7. The highest BCUT2D eigenvalue weighted by atomic mass is 31.2. The molecule has 0 aromatic rings. The minimum Gasteiger partial charge on any atom is -0.457 e. The molecule has 0 saturated heterocycles. The average Bonchev–Trinajstić information content (AvgIpc) is 3.13. The molecule has 0 rings (SSSR count). The van der Waals surface area contributed by atoms with Crippen molar-refractivity contribution in [3.05, 3.63) is 48.6 Å². The van der Waals surface area contributed by atoms with Crippen LogP contribution in [0.1, 0.15) is 181 Å². The third-order valence-electron chi connectivity index (χ3n) is 8.77. The first kappa shape index (κ1) is 50.5. The maximum absolute atomic E-state index is 12.5. The van der Waals surface area contributed by atoms with E-state index in [9.17, 15) is 14.3 Å². The van der Waals surface area contributed by atoms with Gasteiger partial charge in [-0.2, -0.15) is 0 Å². The maximum Gasteiger partial charge on any atom is 0.472 e. The minimum absolute atomic E-state index is 0.0890. The normalized spacial score (nSPS) is 14.0. The van der Waals surface area contributed by atoms with Crippen LogP contribution in [0.25, 0.3) is 0 Å². The maximum atomic E-state index is 12.5. The summed E-state index contributed by atoms with van der Waals surface area (Å²) in [5.41, 5.74) is 5.36. The third-order valence-corrected chi connectivity index (χ3v) is 9.76. The zero-order valence-electron chi connectivity index (χ0n) is 33.5. The SMILES string of the molecule is CC/C=C\C/C=C\C/C=C\C/C=C\CCC(=O)OC(COCCCCCCCCCCCCCCCCCCCCCC)COP(=O)(O)OCCN. The van der Waals surface area contributed by atoms with Gasteiger partial charge in [0.25, 0.3) is 0 Å². The van der Waals surface area contributed by atoms with Gasteiger partial charge in [-0.15, -0.1) is 0 Å². The monoisotopic (exact) mass is 754 g/mol. The summed E-state index contributed by atoms with van der Waals surface area (Å²) in [5.74, 6) is -0.408. The van der Waals surface area contributed by atoms with E-state index in [0.717, 1.165) is 38.5 Å². The molecule has 304 valence electrons. The molecule has 8 nitrogen and oxygen atoms in total. The number of nitrogens with two attached hydrogens (primary N) is 1. The summed E-state index contributed by atoms with van der Waals surface area (Å²) in [7, 11) is -4.29. The lowest BCUT2D eigenvalue weighted by atomic mass is 10.0. The molecular formula is C43H80NO7P. The first-order chi connectivity index (χ1) is 25.4. The molecular weight excluding hydrogens is 673 g/mol. The fraction of sp³-hybridized carbons (Fsp3) is 0.791. The number of carbonyl (C=O) groups is 1. The number of allylic oxidation sites excluding steroid dienone is 8. The molecule has 0 aliphatic heterocycles. The van der Waals surface area contributed by atoms with Gasteiger partial charge < -0.3 is 20.1 Å². The molecule has 52 heavy (non-hydrogen) atoms. The van der Waals surface area contributed by atoms with Gasteiger partial charge in [-0.25, -0.2) is 4.57 Å². The van der Waals surface area contributed by atoms with E-state index in [2.05, 4.69) is 50.3 Å². The van der Waals surface area contributed by atoms with Gasteiger partial charge in [-0.05, 0) is 38.5 Å². The molecule has 3 N–H and O–H groups in total. The van der Waals surface area contributed by atoms with Crippen LogP contribution in [0.15, 0.2) is 48.6 Å². The Bertz CT molecular complexity index is 936. The number of phosphoric ester groups is 1. The van der Waals surface area contributed by atoms with Crippen molar-refractivity contribution in [2.75, 3.05) is 33.0 Å². The predicted molar refractivity (Wildman–Crippen MR) is 219 cm³/mol. The highest BCUT2D eigenvalue weighted by molar-refractivity contribution is 7.47. The fourth-order valence-electron chi connectivity index (χ4n) is 5.72. The Morgan fingerprint density at radius 3 is 1.50 bits per heavy atom. The number of hydrogen-bond acceptors (Lipinski definition) is 7. The minimum atomic E-state index is -4.29. The van der Waals surface area contributed by atoms with Crippen molar-refractivity contribution >= 4 is 13.8 Å². The molecule has 2 unspecified atom stereocenters. The Morgan fingerprint density at radius 2 is 1.04 bits per heavy atom. The second-order valence-corrected chi connectivity index (χ2v) is 15.3. The van der Waals surface area contributed by atoms with Gasteiger partial charge in [0.1, 0.15) is 6.10 Å². The Kier molecular flexibility index (Phi) is 39.4. The summed E-state index contributed by atoms with van der Waals surface area (Å²) in [5, 5.41) is 0. The highest BCUT2D eigenvalue weighted by Gasteiger charge is 2.25. The van der Waals surface area contributed by atoms with Crippen LogP contribution in [0.5, 0.6) is 0 Å². The van der Waals surface area contributed by atoms with Gasteiger partial charge in [0.2, 0.25) is 0 Å². The molecule has 0 fully saturated rings. The molecule has 0 spiro atoms. The largest absolute Gasteiger partial charge is 0.472 e. The van der Waals surface area contributed by atoms with Crippen molar-refractivity contribution in [1.82, 2.24) is 0 Å². The Hall–Kier alpha value is -1.54. The molecule has 0 aliphatic carbocycles. The number of esters is 1. The van der Waals surface area contributed by atoms with Gasteiger partial charge in [-0.3, -0.25) is 13.8 Å². The first-order valence-electron chi connectivity index (χ1n) is 21.1. The number of carbonyl (C=O) groups excluding carboxylic acids is 1. The number of unbranched alkanes of at least 4 members (excludes halogenated alkanes) is 19. The molecule has 0 saturated carbocycles. The van der Waals surface area contributed by atoms with Gasteiger partial charge in [0.15, 0.2) is 0 Å². The van der Waals surface area contributed by atoms with E-state index in [0.29, 0.717) is 13.0 Å². The topological polar surface area (TPSA) is 117 Å².